The number of rotatable bonds is 9. The molecule has 1 rings (SSSR count). The van der Waals surface area contributed by atoms with E-state index in [0.29, 0.717) is 35.4 Å². The number of hydrogen-bond donors (Lipinski definition) is 1. The number of carboxylic acids is 1. The largest absolute Gasteiger partial charge is 0.493 e. The van der Waals surface area contributed by atoms with Crippen LogP contribution in [0.1, 0.15) is 0 Å². The molecule has 0 fully saturated rings. The molecule has 0 aliphatic carbocycles. The van der Waals surface area contributed by atoms with Crippen LogP contribution in [0.3, 0.4) is 0 Å². The summed E-state index contributed by atoms with van der Waals surface area (Å²) in [5, 5.41) is 8.52. The van der Waals surface area contributed by atoms with Gasteiger partial charge in [0, 0.05) is 17.9 Å². The Hall–Kier alpha value is -1.76. The molecule has 0 saturated carbocycles. The van der Waals surface area contributed by atoms with Crippen LogP contribution in [0.15, 0.2) is 12.1 Å². The monoisotopic (exact) mass is 302 g/mol. The lowest BCUT2D eigenvalue weighted by Gasteiger charge is -2.14. The number of carbonyl (C=O) groups is 1. The summed E-state index contributed by atoms with van der Waals surface area (Å²) in [5.74, 6) is 1.93. The van der Waals surface area contributed by atoms with E-state index >= 15 is 0 Å². The Labute approximate surface area is 122 Å². The van der Waals surface area contributed by atoms with Crippen LogP contribution in [-0.2, 0) is 4.79 Å². The van der Waals surface area contributed by atoms with Crippen molar-refractivity contribution < 1.29 is 28.8 Å². The van der Waals surface area contributed by atoms with Gasteiger partial charge in [0.05, 0.1) is 33.7 Å². The number of ether oxygens (including phenoxy) is 4. The van der Waals surface area contributed by atoms with Gasteiger partial charge in [0.1, 0.15) is 5.75 Å². The summed E-state index contributed by atoms with van der Waals surface area (Å²) in [7, 11) is 4.59. The lowest BCUT2D eigenvalue weighted by Crippen LogP contribution is -2.05. The van der Waals surface area contributed by atoms with E-state index in [9.17, 15) is 4.79 Å². The molecule has 0 heterocycles. The van der Waals surface area contributed by atoms with Crippen LogP contribution in [0.4, 0.5) is 0 Å². The molecular weight excluding hydrogens is 284 g/mol. The molecule has 0 saturated heterocycles. The molecule has 0 unspecified atom stereocenters. The molecule has 0 amide bonds. The summed E-state index contributed by atoms with van der Waals surface area (Å²) in [4.78, 5) is 10.4. The van der Waals surface area contributed by atoms with Gasteiger partial charge in [0.15, 0.2) is 11.5 Å². The second kappa shape index (κ2) is 8.42. The van der Waals surface area contributed by atoms with Gasteiger partial charge in [-0.05, 0) is 0 Å². The molecule has 1 aromatic carbocycles. The van der Waals surface area contributed by atoms with Crippen molar-refractivity contribution in [1.29, 1.82) is 0 Å². The lowest BCUT2D eigenvalue weighted by atomic mass is 10.2. The minimum atomic E-state index is -0.831. The average molecular weight is 302 g/mol. The van der Waals surface area contributed by atoms with Crippen molar-refractivity contribution in [3.8, 4) is 23.0 Å². The Morgan fingerprint density at radius 1 is 1.15 bits per heavy atom. The van der Waals surface area contributed by atoms with E-state index in [2.05, 4.69) is 0 Å². The van der Waals surface area contributed by atoms with Gasteiger partial charge in [0.25, 0.3) is 0 Å². The fraction of sp³-hybridized carbons (Fsp3) is 0.462. The standard InChI is InChI=1S/C13H18O6S/c1-16-10-6-9(7-11(17-2)13(10)18-3)19-4-5-20-8-12(14)15/h6-7H,4-5,8H2,1-3H3,(H,14,15). The SMILES string of the molecule is COc1cc(OCCSCC(=O)O)cc(OC)c1OC. The highest BCUT2D eigenvalue weighted by molar-refractivity contribution is 7.99. The van der Waals surface area contributed by atoms with Crippen LogP contribution < -0.4 is 18.9 Å². The first-order valence-corrected chi connectivity index (χ1v) is 7.00. The zero-order chi connectivity index (χ0) is 15.0. The van der Waals surface area contributed by atoms with Crippen LogP contribution in [0.5, 0.6) is 23.0 Å². The quantitative estimate of drug-likeness (QED) is 0.698. The van der Waals surface area contributed by atoms with Gasteiger partial charge in [-0.3, -0.25) is 4.79 Å². The lowest BCUT2D eigenvalue weighted by molar-refractivity contribution is -0.133. The molecular formula is C13H18O6S. The first-order valence-electron chi connectivity index (χ1n) is 5.84. The second-order valence-corrected chi connectivity index (χ2v) is 4.76. The fourth-order valence-electron chi connectivity index (χ4n) is 1.52. The van der Waals surface area contributed by atoms with Gasteiger partial charge < -0.3 is 24.1 Å². The molecule has 7 heteroatoms. The highest BCUT2D eigenvalue weighted by Gasteiger charge is 2.13. The maximum Gasteiger partial charge on any atom is 0.313 e. The number of benzene rings is 1. The van der Waals surface area contributed by atoms with E-state index in [1.165, 1.54) is 33.1 Å². The Morgan fingerprint density at radius 3 is 2.20 bits per heavy atom. The molecule has 0 radical (unpaired) electrons. The van der Waals surface area contributed by atoms with Crippen LogP contribution in [0, 0.1) is 0 Å². The summed E-state index contributed by atoms with van der Waals surface area (Å²) < 4.78 is 21.2. The number of thioether (sulfide) groups is 1. The predicted molar refractivity (Wildman–Crippen MR) is 76.6 cm³/mol. The van der Waals surface area contributed by atoms with Crippen LogP contribution in [-0.4, -0.2) is 50.5 Å². The normalized spacial score (nSPS) is 9.95. The number of methoxy groups -OCH3 is 3. The Kier molecular flexibility index (Phi) is 6.86. The number of carboxylic acid groups (broad SMARTS) is 1. The Bertz CT molecular complexity index is 423. The van der Waals surface area contributed by atoms with E-state index in [1.54, 1.807) is 12.1 Å². The molecule has 20 heavy (non-hydrogen) atoms. The molecule has 0 atom stereocenters. The maximum atomic E-state index is 10.4. The number of hydrogen-bond acceptors (Lipinski definition) is 6. The molecule has 112 valence electrons. The summed E-state index contributed by atoms with van der Waals surface area (Å²) >= 11 is 1.30. The van der Waals surface area contributed by atoms with Crippen molar-refractivity contribution in [2.45, 2.75) is 0 Å². The van der Waals surface area contributed by atoms with E-state index in [1.807, 2.05) is 0 Å². The average Bonchev–Trinajstić information content (AvgIpc) is 2.45. The van der Waals surface area contributed by atoms with Crippen LogP contribution in [0.2, 0.25) is 0 Å². The third kappa shape index (κ3) is 4.73. The van der Waals surface area contributed by atoms with E-state index in [0.717, 1.165) is 0 Å². The van der Waals surface area contributed by atoms with Gasteiger partial charge in [-0.2, -0.15) is 0 Å². The van der Waals surface area contributed by atoms with Gasteiger partial charge >= 0.3 is 5.97 Å². The molecule has 0 bridgehead atoms. The second-order valence-electron chi connectivity index (χ2n) is 3.66. The topological polar surface area (TPSA) is 74.2 Å². The van der Waals surface area contributed by atoms with Gasteiger partial charge in [0.2, 0.25) is 5.75 Å². The van der Waals surface area contributed by atoms with Crippen molar-refractivity contribution in [1.82, 2.24) is 0 Å². The number of aliphatic carboxylic acids is 1. The van der Waals surface area contributed by atoms with E-state index in [4.69, 9.17) is 24.1 Å². The predicted octanol–water partition coefficient (Wildman–Crippen LogP) is 1.91. The van der Waals surface area contributed by atoms with Gasteiger partial charge in [-0.1, -0.05) is 0 Å². The van der Waals surface area contributed by atoms with Crippen LogP contribution >= 0.6 is 11.8 Å². The summed E-state index contributed by atoms with van der Waals surface area (Å²) in [5.41, 5.74) is 0. The molecule has 0 aliphatic heterocycles. The summed E-state index contributed by atoms with van der Waals surface area (Å²) in [6.07, 6.45) is 0. The van der Waals surface area contributed by atoms with Crippen molar-refractivity contribution in [3.63, 3.8) is 0 Å². The zero-order valence-corrected chi connectivity index (χ0v) is 12.5. The highest BCUT2D eigenvalue weighted by atomic mass is 32.2. The maximum absolute atomic E-state index is 10.4. The minimum absolute atomic E-state index is 0.0681. The van der Waals surface area contributed by atoms with Crippen molar-refractivity contribution in [2.75, 3.05) is 39.4 Å². The zero-order valence-electron chi connectivity index (χ0n) is 11.7. The fourth-order valence-corrected chi connectivity index (χ4v) is 2.04. The Balaban J connectivity index is 2.64. The highest BCUT2D eigenvalue weighted by Crippen LogP contribution is 2.40. The first kappa shape index (κ1) is 16.3. The third-order valence-electron chi connectivity index (χ3n) is 2.36. The molecule has 0 aromatic heterocycles. The van der Waals surface area contributed by atoms with Crippen molar-refractivity contribution >= 4 is 17.7 Å². The van der Waals surface area contributed by atoms with Crippen LogP contribution in [0.25, 0.3) is 0 Å². The molecule has 0 spiro atoms. The molecule has 1 N–H and O–H groups in total. The molecule has 6 nitrogen and oxygen atoms in total. The summed E-state index contributed by atoms with van der Waals surface area (Å²) in [6, 6.07) is 3.40. The van der Waals surface area contributed by atoms with E-state index < -0.39 is 5.97 Å². The summed E-state index contributed by atoms with van der Waals surface area (Å²) in [6.45, 7) is 0.399. The van der Waals surface area contributed by atoms with Crippen molar-refractivity contribution in [2.24, 2.45) is 0 Å². The minimum Gasteiger partial charge on any atom is -0.493 e. The first-order chi connectivity index (χ1) is 9.62. The van der Waals surface area contributed by atoms with Gasteiger partial charge in [-0.25, -0.2) is 0 Å². The van der Waals surface area contributed by atoms with Gasteiger partial charge in [-0.15, -0.1) is 11.8 Å². The third-order valence-corrected chi connectivity index (χ3v) is 3.27. The molecule has 0 aliphatic rings. The molecule has 1 aromatic rings. The Morgan fingerprint density at radius 2 is 1.75 bits per heavy atom. The van der Waals surface area contributed by atoms with E-state index in [-0.39, 0.29) is 5.75 Å². The smallest absolute Gasteiger partial charge is 0.313 e. The van der Waals surface area contributed by atoms with Crippen molar-refractivity contribution in [3.05, 3.63) is 12.1 Å².